The number of benzene rings is 1. The third-order valence-corrected chi connectivity index (χ3v) is 3.24. The van der Waals surface area contributed by atoms with E-state index < -0.39 is 5.82 Å². The fourth-order valence-corrected chi connectivity index (χ4v) is 2.07. The van der Waals surface area contributed by atoms with Gasteiger partial charge < -0.3 is 11.1 Å². The molecule has 1 amide bonds. The molecule has 1 aromatic rings. The van der Waals surface area contributed by atoms with Crippen LogP contribution in [0.25, 0.3) is 0 Å². The number of hydrogen-bond acceptors (Lipinski definition) is 3. The minimum Gasteiger partial charge on any atom is -0.396 e. The van der Waals surface area contributed by atoms with E-state index >= 15 is 0 Å². The maximum absolute atomic E-state index is 13.0. The van der Waals surface area contributed by atoms with Crippen molar-refractivity contribution in [2.24, 2.45) is 5.92 Å². The van der Waals surface area contributed by atoms with E-state index in [4.69, 9.17) is 5.73 Å². The monoisotopic (exact) mass is 281 g/mol. The quantitative estimate of drug-likeness (QED) is 0.788. The molecular weight excluding hydrogens is 257 g/mol. The van der Waals surface area contributed by atoms with Gasteiger partial charge in [-0.2, -0.15) is 0 Å². The van der Waals surface area contributed by atoms with Crippen LogP contribution in [-0.4, -0.2) is 30.4 Å². The molecule has 1 aromatic carbocycles. The SMILES string of the molecule is CC(C)CC(C)N(C)CC(=O)Nc1ccc(F)c(N)c1. The molecule has 0 saturated heterocycles. The number of amides is 1. The van der Waals surface area contributed by atoms with Gasteiger partial charge in [-0.25, -0.2) is 4.39 Å². The summed E-state index contributed by atoms with van der Waals surface area (Å²) in [5.74, 6) is -0.0211. The number of carbonyl (C=O) groups is 1. The molecule has 0 radical (unpaired) electrons. The third kappa shape index (κ3) is 5.17. The molecule has 0 fully saturated rings. The first-order valence-corrected chi connectivity index (χ1v) is 6.84. The van der Waals surface area contributed by atoms with E-state index in [1.165, 1.54) is 18.2 Å². The Hall–Kier alpha value is -1.62. The number of anilines is 2. The summed E-state index contributed by atoms with van der Waals surface area (Å²) in [5, 5.41) is 2.72. The van der Waals surface area contributed by atoms with Crippen molar-refractivity contribution in [3.8, 4) is 0 Å². The van der Waals surface area contributed by atoms with Crippen LogP contribution < -0.4 is 11.1 Å². The van der Waals surface area contributed by atoms with Gasteiger partial charge in [0.25, 0.3) is 0 Å². The van der Waals surface area contributed by atoms with Gasteiger partial charge in [0.05, 0.1) is 12.2 Å². The second-order valence-corrected chi connectivity index (χ2v) is 5.68. The van der Waals surface area contributed by atoms with Crippen molar-refractivity contribution in [3.63, 3.8) is 0 Å². The molecule has 3 N–H and O–H groups in total. The fraction of sp³-hybridized carbons (Fsp3) is 0.533. The van der Waals surface area contributed by atoms with E-state index in [2.05, 4.69) is 26.1 Å². The van der Waals surface area contributed by atoms with Crippen LogP contribution in [0.15, 0.2) is 18.2 Å². The van der Waals surface area contributed by atoms with Crippen LogP contribution in [0.2, 0.25) is 0 Å². The largest absolute Gasteiger partial charge is 0.396 e. The van der Waals surface area contributed by atoms with Crippen molar-refractivity contribution in [2.45, 2.75) is 33.2 Å². The van der Waals surface area contributed by atoms with Gasteiger partial charge >= 0.3 is 0 Å². The van der Waals surface area contributed by atoms with Gasteiger partial charge in [0.1, 0.15) is 5.82 Å². The van der Waals surface area contributed by atoms with Gasteiger partial charge in [-0.15, -0.1) is 0 Å². The highest BCUT2D eigenvalue weighted by molar-refractivity contribution is 5.92. The number of hydrogen-bond donors (Lipinski definition) is 2. The van der Waals surface area contributed by atoms with E-state index in [-0.39, 0.29) is 11.6 Å². The Morgan fingerprint density at radius 1 is 1.40 bits per heavy atom. The van der Waals surface area contributed by atoms with Crippen molar-refractivity contribution in [2.75, 3.05) is 24.6 Å². The lowest BCUT2D eigenvalue weighted by molar-refractivity contribution is -0.117. The Morgan fingerprint density at radius 2 is 2.05 bits per heavy atom. The first-order chi connectivity index (χ1) is 9.29. The number of likely N-dealkylation sites (N-methyl/N-ethyl adjacent to an activating group) is 1. The first kappa shape index (κ1) is 16.4. The molecule has 1 rings (SSSR count). The van der Waals surface area contributed by atoms with E-state index in [0.717, 1.165) is 6.42 Å². The van der Waals surface area contributed by atoms with E-state index in [1.807, 2.05) is 11.9 Å². The van der Waals surface area contributed by atoms with Crippen LogP contribution in [0.3, 0.4) is 0 Å². The zero-order valence-electron chi connectivity index (χ0n) is 12.6. The summed E-state index contributed by atoms with van der Waals surface area (Å²) in [5.41, 5.74) is 6.01. The number of nitrogen functional groups attached to an aromatic ring is 1. The zero-order valence-corrected chi connectivity index (χ0v) is 12.6. The Balaban J connectivity index is 2.52. The number of nitrogens with one attached hydrogen (secondary N) is 1. The molecular formula is C15H24FN3O. The summed E-state index contributed by atoms with van der Waals surface area (Å²) < 4.78 is 13.0. The van der Waals surface area contributed by atoms with Crippen LogP contribution in [0.4, 0.5) is 15.8 Å². The summed E-state index contributed by atoms with van der Waals surface area (Å²) in [4.78, 5) is 13.9. The number of halogens is 1. The molecule has 0 spiro atoms. The molecule has 0 aromatic heterocycles. The maximum Gasteiger partial charge on any atom is 0.238 e. The molecule has 5 heteroatoms. The molecule has 4 nitrogen and oxygen atoms in total. The highest BCUT2D eigenvalue weighted by Crippen LogP contribution is 2.16. The number of rotatable bonds is 6. The lowest BCUT2D eigenvalue weighted by atomic mass is 10.0. The lowest BCUT2D eigenvalue weighted by Gasteiger charge is -2.25. The highest BCUT2D eigenvalue weighted by atomic mass is 19.1. The van der Waals surface area contributed by atoms with Crippen LogP contribution in [0.1, 0.15) is 27.2 Å². The van der Waals surface area contributed by atoms with Crippen molar-refractivity contribution in [1.29, 1.82) is 0 Å². The standard InChI is InChI=1S/C15H24FN3O/c1-10(2)7-11(3)19(4)9-15(20)18-12-5-6-13(16)14(17)8-12/h5-6,8,10-11H,7,9,17H2,1-4H3,(H,18,20). The summed E-state index contributed by atoms with van der Waals surface area (Å²) in [6, 6.07) is 4.50. The predicted octanol–water partition coefficient (Wildman–Crippen LogP) is 2.71. The van der Waals surface area contributed by atoms with Gasteiger partial charge in [-0.1, -0.05) is 13.8 Å². The Labute approximate surface area is 120 Å². The molecule has 0 heterocycles. The fourth-order valence-electron chi connectivity index (χ4n) is 2.07. The molecule has 0 aliphatic rings. The molecule has 20 heavy (non-hydrogen) atoms. The minimum atomic E-state index is -0.481. The van der Waals surface area contributed by atoms with Gasteiger partial charge in [0.2, 0.25) is 5.91 Å². The number of nitrogens with two attached hydrogens (primary N) is 1. The van der Waals surface area contributed by atoms with Gasteiger partial charge in [-0.05, 0) is 44.5 Å². The van der Waals surface area contributed by atoms with Gasteiger partial charge in [0.15, 0.2) is 0 Å². The molecule has 1 atom stereocenters. The summed E-state index contributed by atoms with van der Waals surface area (Å²) in [7, 11) is 1.92. The Bertz CT molecular complexity index is 462. The van der Waals surface area contributed by atoms with Crippen LogP contribution in [0.5, 0.6) is 0 Å². The summed E-state index contributed by atoms with van der Waals surface area (Å²) in [6.07, 6.45) is 1.03. The van der Waals surface area contributed by atoms with E-state index in [0.29, 0.717) is 24.2 Å². The summed E-state index contributed by atoms with van der Waals surface area (Å²) in [6.45, 7) is 6.71. The molecule has 1 unspecified atom stereocenters. The minimum absolute atomic E-state index is 0.0318. The van der Waals surface area contributed by atoms with Crippen LogP contribution >= 0.6 is 0 Å². The third-order valence-electron chi connectivity index (χ3n) is 3.24. The van der Waals surface area contributed by atoms with Gasteiger partial charge in [0, 0.05) is 11.7 Å². The summed E-state index contributed by atoms with van der Waals surface area (Å²) >= 11 is 0. The Kier molecular flexibility index (Phi) is 5.95. The van der Waals surface area contributed by atoms with Crippen molar-refractivity contribution < 1.29 is 9.18 Å². The highest BCUT2D eigenvalue weighted by Gasteiger charge is 2.14. The van der Waals surface area contributed by atoms with E-state index in [1.54, 1.807) is 0 Å². The second-order valence-electron chi connectivity index (χ2n) is 5.68. The normalized spacial score (nSPS) is 12.8. The molecule has 0 aliphatic heterocycles. The lowest BCUT2D eigenvalue weighted by Crippen LogP contribution is -2.37. The topological polar surface area (TPSA) is 58.4 Å². The van der Waals surface area contributed by atoms with Gasteiger partial charge in [-0.3, -0.25) is 9.69 Å². The number of carbonyl (C=O) groups excluding carboxylic acids is 1. The Morgan fingerprint density at radius 3 is 2.60 bits per heavy atom. The smallest absolute Gasteiger partial charge is 0.238 e. The molecule has 0 aliphatic carbocycles. The number of nitrogens with zero attached hydrogens (tertiary/aromatic N) is 1. The molecule has 0 saturated carbocycles. The van der Waals surface area contributed by atoms with Crippen molar-refractivity contribution in [1.82, 2.24) is 4.90 Å². The van der Waals surface area contributed by atoms with Crippen molar-refractivity contribution in [3.05, 3.63) is 24.0 Å². The zero-order chi connectivity index (χ0) is 15.3. The van der Waals surface area contributed by atoms with Crippen molar-refractivity contribution >= 4 is 17.3 Å². The maximum atomic E-state index is 13.0. The second kappa shape index (κ2) is 7.24. The average molecular weight is 281 g/mol. The predicted molar refractivity (Wildman–Crippen MR) is 81.0 cm³/mol. The first-order valence-electron chi connectivity index (χ1n) is 6.84. The molecule has 0 bridgehead atoms. The average Bonchev–Trinajstić information content (AvgIpc) is 2.32. The van der Waals surface area contributed by atoms with Crippen LogP contribution in [-0.2, 0) is 4.79 Å². The van der Waals surface area contributed by atoms with Crippen LogP contribution in [0, 0.1) is 11.7 Å². The van der Waals surface area contributed by atoms with E-state index in [9.17, 15) is 9.18 Å². The molecule has 112 valence electrons.